The summed E-state index contributed by atoms with van der Waals surface area (Å²) in [5.74, 6) is -5.48. The van der Waals surface area contributed by atoms with Gasteiger partial charge in [0.05, 0.1) is 12.2 Å². The number of alkyl halides is 3. The van der Waals surface area contributed by atoms with E-state index in [-0.39, 0.29) is 12.4 Å². The van der Waals surface area contributed by atoms with E-state index in [0.29, 0.717) is 11.3 Å². The molecule has 3 heterocycles. The Bertz CT molecular complexity index is 1340. The molecule has 36 heavy (non-hydrogen) atoms. The second kappa shape index (κ2) is 10.1. The number of halogens is 3. The quantitative estimate of drug-likeness (QED) is 0.286. The molecule has 3 aromatic rings. The normalized spacial score (nSPS) is 15.1. The van der Waals surface area contributed by atoms with Crippen molar-refractivity contribution in [3.63, 3.8) is 0 Å². The Labute approximate surface area is 207 Å². The molecule has 0 spiro atoms. The second-order valence-electron chi connectivity index (χ2n) is 7.74. The van der Waals surface area contributed by atoms with Crippen molar-refractivity contribution in [3.8, 4) is 5.75 Å². The zero-order chi connectivity index (χ0) is 25.9. The summed E-state index contributed by atoms with van der Waals surface area (Å²) in [6.45, 7) is -1.66. The number of nitrogens with zero attached hydrogens (tertiary/aromatic N) is 7. The smallest absolute Gasteiger partial charge is 0.310 e. The maximum Gasteiger partial charge on any atom is 0.310 e. The molecule has 4 N–H and O–H groups in total. The van der Waals surface area contributed by atoms with Crippen LogP contribution in [0.5, 0.6) is 5.75 Å². The maximum atomic E-state index is 15.3. The van der Waals surface area contributed by atoms with Crippen LogP contribution in [0.3, 0.4) is 0 Å². The number of aromatic nitrogens is 3. The van der Waals surface area contributed by atoms with Crippen molar-refractivity contribution in [3.05, 3.63) is 76.6 Å². The Morgan fingerprint density at radius 2 is 1.97 bits per heavy atom. The Morgan fingerprint density at radius 1 is 1.22 bits per heavy atom. The monoisotopic (exact) mass is 519 g/mol. The van der Waals surface area contributed by atoms with Crippen LogP contribution in [0, 0.1) is 0 Å². The van der Waals surface area contributed by atoms with Gasteiger partial charge in [0.2, 0.25) is 11.5 Å². The highest BCUT2D eigenvalue weighted by atomic mass is 35.5. The first-order valence-corrected chi connectivity index (χ1v) is 10.9. The summed E-state index contributed by atoms with van der Waals surface area (Å²) in [5.41, 5.74) is 6.58. The average molecular weight is 520 g/mol. The predicted molar refractivity (Wildman–Crippen MR) is 125 cm³/mol. The van der Waals surface area contributed by atoms with Crippen LogP contribution in [0.15, 0.2) is 70.1 Å². The van der Waals surface area contributed by atoms with E-state index in [9.17, 15) is 14.7 Å². The third-order valence-electron chi connectivity index (χ3n) is 5.15. The Morgan fingerprint density at radius 3 is 2.61 bits per heavy atom. The highest BCUT2D eigenvalue weighted by molar-refractivity contribution is 6.21. The van der Waals surface area contributed by atoms with E-state index in [1.54, 1.807) is 24.3 Å². The third-order valence-corrected chi connectivity index (χ3v) is 5.43. The average Bonchev–Trinajstić information content (AvgIpc) is 3.26. The number of carbonyl (C=O) groups is 1. The van der Waals surface area contributed by atoms with Crippen LogP contribution in [-0.4, -0.2) is 37.7 Å². The molecule has 15 heteroatoms. The standard InChI is InChI=1S/C21H20ClF2N9O3/c22-20-28-29-30-33(20)14-5-3-13(4-6-14)10-32(12-21(23,24)17-15(34)2-1-7-26-17)18-19(36)31(9-8-27-18)11-16(25)35/h1-9,20,34H,10-12H2,(H2,25,35)(H,28,30). The number of anilines is 2. The summed E-state index contributed by atoms with van der Waals surface area (Å²) < 4.78 is 31.5. The van der Waals surface area contributed by atoms with E-state index >= 15 is 8.78 Å². The fraction of sp³-hybridized carbons (Fsp3) is 0.238. The van der Waals surface area contributed by atoms with Gasteiger partial charge in [0, 0.05) is 25.1 Å². The molecule has 0 bridgehead atoms. The molecule has 0 saturated heterocycles. The number of hydrazine groups is 1. The third kappa shape index (κ3) is 5.33. The largest absolute Gasteiger partial charge is 0.506 e. The van der Waals surface area contributed by atoms with E-state index in [1.165, 1.54) is 23.5 Å². The summed E-state index contributed by atoms with van der Waals surface area (Å²) in [4.78, 5) is 33.0. The highest BCUT2D eigenvalue weighted by Crippen LogP contribution is 2.34. The predicted octanol–water partition coefficient (Wildman–Crippen LogP) is 1.84. The summed E-state index contributed by atoms with van der Waals surface area (Å²) in [6, 6.07) is 9.03. The lowest BCUT2D eigenvalue weighted by Gasteiger charge is -2.28. The molecule has 1 aromatic carbocycles. The van der Waals surface area contributed by atoms with Gasteiger partial charge in [0.1, 0.15) is 12.3 Å². The van der Waals surface area contributed by atoms with Gasteiger partial charge in [-0.1, -0.05) is 29.0 Å². The molecule has 0 aliphatic carbocycles. The Kier molecular flexibility index (Phi) is 6.96. The van der Waals surface area contributed by atoms with Gasteiger partial charge in [-0.05, 0) is 29.8 Å². The van der Waals surface area contributed by atoms with E-state index in [4.69, 9.17) is 17.3 Å². The van der Waals surface area contributed by atoms with Crippen molar-refractivity contribution >= 4 is 29.0 Å². The lowest BCUT2D eigenvalue weighted by Crippen LogP contribution is -2.41. The number of rotatable bonds is 9. The molecular weight excluding hydrogens is 500 g/mol. The number of primary amides is 1. The molecule has 2 aromatic heterocycles. The van der Waals surface area contributed by atoms with Gasteiger partial charge in [-0.3, -0.25) is 14.6 Å². The van der Waals surface area contributed by atoms with E-state index in [2.05, 4.69) is 25.8 Å². The van der Waals surface area contributed by atoms with Gasteiger partial charge < -0.3 is 20.3 Å². The number of pyridine rings is 1. The van der Waals surface area contributed by atoms with Crippen LogP contribution >= 0.6 is 11.6 Å². The zero-order valence-electron chi connectivity index (χ0n) is 18.5. The lowest BCUT2D eigenvalue weighted by molar-refractivity contribution is -0.118. The minimum Gasteiger partial charge on any atom is -0.506 e. The fourth-order valence-electron chi connectivity index (χ4n) is 3.53. The lowest BCUT2D eigenvalue weighted by atomic mass is 10.1. The molecule has 0 fully saturated rings. The number of benzene rings is 1. The van der Waals surface area contributed by atoms with Crippen molar-refractivity contribution < 1.29 is 18.7 Å². The van der Waals surface area contributed by atoms with E-state index < -0.39 is 47.5 Å². The van der Waals surface area contributed by atoms with Crippen LogP contribution in [0.2, 0.25) is 0 Å². The topological polar surface area (TPSA) is 154 Å². The number of hydrogen-bond acceptors (Lipinski definition) is 10. The first-order chi connectivity index (χ1) is 17.2. The minimum atomic E-state index is -3.67. The molecule has 12 nitrogen and oxygen atoms in total. The molecule has 1 amide bonds. The van der Waals surface area contributed by atoms with Crippen molar-refractivity contribution in [2.45, 2.75) is 24.6 Å². The molecule has 1 atom stereocenters. The Hall–Kier alpha value is -4.33. The molecular formula is C21H20ClF2N9O3. The molecule has 0 saturated carbocycles. The summed E-state index contributed by atoms with van der Waals surface area (Å²) >= 11 is 6.04. The molecule has 4 rings (SSSR count). The van der Waals surface area contributed by atoms with E-state index in [0.717, 1.165) is 21.7 Å². The van der Waals surface area contributed by atoms with Gasteiger partial charge in [-0.25, -0.2) is 9.99 Å². The van der Waals surface area contributed by atoms with Gasteiger partial charge in [0.15, 0.2) is 11.5 Å². The van der Waals surface area contributed by atoms with Crippen LogP contribution in [-0.2, 0) is 23.8 Å². The van der Waals surface area contributed by atoms with Crippen LogP contribution in [0.1, 0.15) is 11.3 Å². The molecule has 188 valence electrons. The maximum absolute atomic E-state index is 15.3. The van der Waals surface area contributed by atoms with Crippen molar-refractivity contribution in [1.82, 2.24) is 20.1 Å². The van der Waals surface area contributed by atoms with Crippen molar-refractivity contribution in [2.75, 3.05) is 16.5 Å². The molecule has 1 aliphatic heterocycles. The Balaban J connectivity index is 1.68. The second-order valence-corrected chi connectivity index (χ2v) is 8.13. The van der Waals surface area contributed by atoms with Gasteiger partial charge in [-0.2, -0.15) is 14.3 Å². The SMILES string of the molecule is NC(=O)Cn1ccnc(N(Cc2ccc(N3NN=NC3Cl)cc2)CC(F)(F)c2ncccc2O)c1=O. The summed E-state index contributed by atoms with van der Waals surface area (Å²) in [5, 5.41) is 18.8. The number of amides is 1. The zero-order valence-corrected chi connectivity index (χ0v) is 19.3. The number of carbonyl (C=O) groups excluding carboxylic acids is 1. The summed E-state index contributed by atoms with van der Waals surface area (Å²) in [6.07, 6.45) is 3.56. The molecule has 0 radical (unpaired) electrons. The van der Waals surface area contributed by atoms with Gasteiger partial charge in [-0.15, -0.1) is 5.11 Å². The number of nitrogens with two attached hydrogens (primary N) is 1. The van der Waals surface area contributed by atoms with Crippen LogP contribution < -0.4 is 26.7 Å². The van der Waals surface area contributed by atoms with Crippen LogP contribution in [0.25, 0.3) is 0 Å². The number of nitrogens with one attached hydrogen (secondary N) is 1. The summed E-state index contributed by atoms with van der Waals surface area (Å²) in [7, 11) is 0. The van der Waals surface area contributed by atoms with Crippen molar-refractivity contribution in [2.24, 2.45) is 16.1 Å². The number of hydrogen-bond donors (Lipinski definition) is 3. The molecule has 1 aliphatic rings. The van der Waals surface area contributed by atoms with Gasteiger partial charge >= 0.3 is 5.92 Å². The van der Waals surface area contributed by atoms with E-state index in [1.807, 2.05) is 0 Å². The first kappa shape index (κ1) is 24.8. The first-order valence-electron chi connectivity index (χ1n) is 10.4. The molecule has 1 unspecified atom stereocenters. The van der Waals surface area contributed by atoms with Crippen molar-refractivity contribution in [1.29, 1.82) is 0 Å². The highest BCUT2D eigenvalue weighted by Gasteiger charge is 2.39. The number of aromatic hydroxyl groups is 1. The van der Waals surface area contributed by atoms with Gasteiger partial charge in [0.25, 0.3) is 5.56 Å². The fourth-order valence-corrected chi connectivity index (χ4v) is 3.73. The van der Waals surface area contributed by atoms with Crippen LogP contribution in [0.4, 0.5) is 20.3 Å². The minimum absolute atomic E-state index is 0.168.